The highest BCUT2D eigenvalue weighted by Gasteiger charge is 2.63. The summed E-state index contributed by atoms with van der Waals surface area (Å²) in [5.41, 5.74) is 1.91. The zero-order valence-electron chi connectivity index (χ0n) is 20.1. The minimum Gasteiger partial charge on any atom is -0.342 e. The first-order valence-electron chi connectivity index (χ1n) is 12.6. The van der Waals surface area contributed by atoms with Gasteiger partial charge in [0.25, 0.3) is 0 Å². The molecule has 5 rings (SSSR count). The summed E-state index contributed by atoms with van der Waals surface area (Å²) < 4.78 is 0. The number of hydrogen-bond donors (Lipinski definition) is 0. The van der Waals surface area contributed by atoms with Crippen molar-refractivity contribution in [1.29, 1.82) is 0 Å². The lowest BCUT2D eigenvalue weighted by molar-refractivity contribution is -0.165. The summed E-state index contributed by atoms with van der Waals surface area (Å²) in [4.78, 5) is 18.9. The lowest BCUT2D eigenvalue weighted by Crippen LogP contribution is -2.63. The van der Waals surface area contributed by atoms with Gasteiger partial charge in [0, 0.05) is 31.9 Å². The highest BCUT2D eigenvalue weighted by Crippen LogP contribution is 2.68. The number of hydrogen-bond acceptors (Lipinski definition) is 2. The summed E-state index contributed by atoms with van der Waals surface area (Å²) in [6.45, 7) is 10.1. The van der Waals surface area contributed by atoms with E-state index in [-0.39, 0.29) is 0 Å². The molecule has 1 aliphatic heterocycles. The maximum Gasteiger partial charge on any atom is 0.222 e. The summed E-state index contributed by atoms with van der Waals surface area (Å²) in [6, 6.07) is 4.62. The van der Waals surface area contributed by atoms with Gasteiger partial charge in [-0.3, -0.25) is 9.78 Å². The van der Waals surface area contributed by atoms with Crippen molar-refractivity contribution >= 4 is 12.0 Å². The second-order valence-corrected chi connectivity index (χ2v) is 12.0. The van der Waals surface area contributed by atoms with Gasteiger partial charge >= 0.3 is 0 Å². The molecule has 0 N–H and O–H groups in total. The zero-order chi connectivity index (χ0) is 22.0. The molecule has 31 heavy (non-hydrogen) atoms. The van der Waals surface area contributed by atoms with Gasteiger partial charge in [0.05, 0.1) is 0 Å². The van der Waals surface area contributed by atoms with Crippen LogP contribution in [0.2, 0.25) is 0 Å². The molecule has 0 aromatic carbocycles. The van der Waals surface area contributed by atoms with Gasteiger partial charge in [0.2, 0.25) is 5.91 Å². The summed E-state index contributed by atoms with van der Waals surface area (Å²) >= 11 is 0. The van der Waals surface area contributed by atoms with E-state index >= 15 is 0 Å². The Bertz CT molecular complexity index is 865. The lowest BCUT2D eigenvalue weighted by Gasteiger charge is -2.63. The van der Waals surface area contributed by atoms with Crippen LogP contribution in [0.25, 0.3) is 6.08 Å². The largest absolute Gasteiger partial charge is 0.342 e. The molecule has 0 bridgehead atoms. The van der Waals surface area contributed by atoms with E-state index in [9.17, 15) is 4.79 Å². The molecule has 1 saturated heterocycles. The number of carbonyl (C=O) groups is 1. The van der Waals surface area contributed by atoms with Crippen molar-refractivity contribution in [2.75, 3.05) is 7.05 Å². The zero-order valence-corrected chi connectivity index (χ0v) is 20.1. The molecule has 3 nitrogen and oxygen atoms in total. The molecule has 168 valence electrons. The number of amides is 1. The highest BCUT2D eigenvalue weighted by molar-refractivity contribution is 5.77. The Morgan fingerprint density at radius 2 is 1.90 bits per heavy atom. The molecular formula is C28H40N2O. The number of aromatic nitrogens is 1. The Hall–Kier alpha value is -1.64. The number of rotatable bonds is 2. The van der Waals surface area contributed by atoms with E-state index in [0.29, 0.717) is 34.6 Å². The van der Waals surface area contributed by atoms with Crippen LogP contribution < -0.4 is 0 Å². The topological polar surface area (TPSA) is 33.2 Å². The normalized spacial score (nSPS) is 47.2. The van der Waals surface area contributed by atoms with Crippen molar-refractivity contribution in [3.8, 4) is 0 Å². The molecule has 4 fully saturated rings. The van der Waals surface area contributed by atoms with E-state index in [4.69, 9.17) is 0 Å². The fourth-order valence-corrected chi connectivity index (χ4v) is 8.97. The predicted octanol–water partition coefficient (Wildman–Crippen LogP) is 6.07. The van der Waals surface area contributed by atoms with Crippen LogP contribution in [0.1, 0.15) is 71.8 Å². The number of nitrogens with zero attached hydrogens (tertiary/aromatic N) is 2. The van der Waals surface area contributed by atoms with E-state index in [1.807, 2.05) is 18.5 Å². The van der Waals surface area contributed by atoms with Crippen LogP contribution in [0.3, 0.4) is 0 Å². The Balaban J connectivity index is 1.44. The Morgan fingerprint density at radius 1 is 1.10 bits per heavy atom. The predicted molar refractivity (Wildman–Crippen MR) is 126 cm³/mol. The Labute approximate surface area is 188 Å². The standard InChI is InChI=1S/C28H40N2O/c1-18-15-23-26-19(2)16-24-28(4,13-11-25(31)30(24)5)22(26)10-12-27(23,3)21(18)9-8-20-7-6-14-29-17-20/h6-9,14,17-19,21-24,26H,10-13,15-16H2,1-5H3/t18?,19?,21-,22-,23-,24+,26+,27+,28+/m0/s1. The molecule has 2 heterocycles. The number of likely N-dealkylation sites (tertiary alicyclic amines) is 1. The fraction of sp³-hybridized carbons (Fsp3) is 0.714. The number of pyridine rings is 1. The van der Waals surface area contributed by atoms with Crippen LogP contribution in [0.4, 0.5) is 0 Å². The quantitative estimate of drug-likeness (QED) is 0.582. The van der Waals surface area contributed by atoms with Crippen molar-refractivity contribution in [2.24, 2.45) is 46.3 Å². The van der Waals surface area contributed by atoms with Crippen molar-refractivity contribution in [3.63, 3.8) is 0 Å². The second kappa shape index (κ2) is 7.46. The molecule has 2 unspecified atom stereocenters. The summed E-state index contributed by atoms with van der Waals surface area (Å²) in [7, 11) is 2.07. The van der Waals surface area contributed by atoms with Gasteiger partial charge in [-0.1, -0.05) is 45.9 Å². The number of fused-ring (bicyclic) bond motifs is 5. The average Bonchev–Trinajstić information content (AvgIpc) is 3.01. The summed E-state index contributed by atoms with van der Waals surface area (Å²) in [5, 5.41) is 0. The van der Waals surface area contributed by atoms with Gasteiger partial charge in [0.15, 0.2) is 0 Å². The van der Waals surface area contributed by atoms with E-state index in [2.05, 4.69) is 62.8 Å². The number of carbonyl (C=O) groups excluding carboxylic acids is 1. The van der Waals surface area contributed by atoms with Crippen molar-refractivity contribution in [2.45, 2.75) is 72.3 Å². The van der Waals surface area contributed by atoms with Crippen LogP contribution >= 0.6 is 0 Å². The van der Waals surface area contributed by atoms with Crippen LogP contribution in [0.5, 0.6) is 0 Å². The Morgan fingerprint density at radius 3 is 2.65 bits per heavy atom. The van der Waals surface area contributed by atoms with Gasteiger partial charge in [0.1, 0.15) is 0 Å². The number of piperidine rings is 1. The third-order valence-corrected chi connectivity index (χ3v) is 10.5. The van der Waals surface area contributed by atoms with Crippen molar-refractivity contribution in [1.82, 2.24) is 9.88 Å². The minimum absolute atomic E-state index is 0.300. The highest BCUT2D eigenvalue weighted by atomic mass is 16.2. The van der Waals surface area contributed by atoms with E-state index in [1.165, 1.54) is 31.2 Å². The molecular weight excluding hydrogens is 380 g/mol. The van der Waals surface area contributed by atoms with Crippen LogP contribution in [0.15, 0.2) is 30.6 Å². The van der Waals surface area contributed by atoms with Gasteiger partial charge < -0.3 is 4.90 Å². The summed E-state index contributed by atoms with van der Waals surface area (Å²) in [6.07, 6.45) is 15.7. The third kappa shape index (κ3) is 3.13. The molecule has 3 saturated carbocycles. The maximum absolute atomic E-state index is 12.5. The van der Waals surface area contributed by atoms with Crippen molar-refractivity contribution < 1.29 is 4.79 Å². The number of allylic oxidation sites excluding steroid dienone is 1. The average molecular weight is 421 g/mol. The van der Waals surface area contributed by atoms with E-state index in [0.717, 1.165) is 36.5 Å². The molecule has 3 aliphatic carbocycles. The SMILES string of the molecule is CC1C[C@H]2N(C)C(=O)CC[C@]2(C)[C@H]2CC[C@]3(C)[C@@H](C=Cc4cccnc4)C(C)C[C@H]3[C@H]12. The van der Waals surface area contributed by atoms with Crippen LogP contribution in [-0.4, -0.2) is 28.9 Å². The molecule has 9 atom stereocenters. The first-order valence-corrected chi connectivity index (χ1v) is 12.6. The lowest BCUT2D eigenvalue weighted by atomic mass is 9.44. The smallest absolute Gasteiger partial charge is 0.222 e. The first-order chi connectivity index (χ1) is 14.8. The molecule has 1 amide bonds. The van der Waals surface area contributed by atoms with E-state index in [1.54, 1.807) is 0 Å². The monoisotopic (exact) mass is 420 g/mol. The minimum atomic E-state index is 0.300. The molecule has 1 aromatic heterocycles. The van der Waals surface area contributed by atoms with Gasteiger partial charge in [-0.05, 0) is 90.1 Å². The van der Waals surface area contributed by atoms with E-state index < -0.39 is 0 Å². The molecule has 1 aromatic rings. The van der Waals surface area contributed by atoms with Crippen molar-refractivity contribution in [3.05, 3.63) is 36.2 Å². The first kappa shape index (κ1) is 21.2. The fourth-order valence-electron chi connectivity index (χ4n) is 8.97. The second-order valence-electron chi connectivity index (χ2n) is 12.0. The summed E-state index contributed by atoms with van der Waals surface area (Å²) in [5.74, 6) is 4.82. The van der Waals surface area contributed by atoms with Gasteiger partial charge in [-0.2, -0.15) is 0 Å². The molecule has 0 radical (unpaired) electrons. The van der Waals surface area contributed by atoms with Gasteiger partial charge in [-0.25, -0.2) is 0 Å². The third-order valence-electron chi connectivity index (χ3n) is 10.5. The molecule has 4 aliphatic rings. The molecule has 3 heteroatoms. The molecule has 0 spiro atoms. The van der Waals surface area contributed by atoms with Gasteiger partial charge in [-0.15, -0.1) is 0 Å². The van der Waals surface area contributed by atoms with Crippen LogP contribution in [-0.2, 0) is 4.79 Å². The maximum atomic E-state index is 12.5. The Kier molecular flexibility index (Phi) is 5.10. The van der Waals surface area contributed by atoms with Crippen LogP contribution in [0, 0.1) is 46.3 Å².